The van der Waals surface area contributed by atoms with Crippen LogP contribution in [-0.4, -0.2) is 28.1 Å². The van der Waals surface area contributed by atoms with E-state index in [1.807, 2.05) is 0 Å². The third-order valence-corrected chi connectivity index (χ3v) is 3.93. The third-order valence-electron chi connectivity index (χ3n) is 3.93. The molecule has 1 aliphatic carbocycles. The van der Waals surface area contributed by atoms with Gasteiger partial charge in [-0.25, -0.2) is 0 Å². The van der Waals surface area contributed by atoms with E-state index in [1.54, 1.807) is 0 Å². The number of aliphatic hydroxyl groups is 1. The fourth-order valence-electron chi connectivity index (χ4n) is 2.61. The van der Waals surface area contributed by atoms with Crippen molar-refractivity contribution in [3.8, 4) is 0 Å². The number of hydrogen-bond acceptors (Lipinski definition) is 3. The van der Waals surface area contributed by atoms with Crippen LogP contribution in [0.1, 0.15) is 54.6 Å². The predicted octanol–water partition coefficient (Wildman–Crippen LogP) is 2.92. The highest BCUT2D eigenvalue weighted by atomic mass is 19.4. The Hall–Kier alpha value is -1.63. The van der Waals surface area contributed by atoms with Gasteiger partial charge in [-0.1, -0.05) is 25.7 Å². The van der Waals surface area contributed by atoms with Crippen LogP contribution >= 0.6 is 0 Å². The van der Waals surface area contributed by atoms with Gasteiger partial charge in [-0.3, -0.25) is 9.78 Å². The van der Waals surface area contributed by atoms with Crippen molar-refractivity contribution < 1.29 is 23.1 Å². The molecule has 0 bridgehead atoms. The van der Waals surface area contributed by atoms with Gasteiger partial charge in [0.25, 0.3) is 5.91 Å². The molecule has 1 heterocycles. The Bertz CT molecular complexity index is 507. The number of nitrogens with zero attached hydrogens (tertiary/aromatic N) is 1. The van der Waals surface area contributed by atoms with E-state index in [0.717, 1.165) is 44.0 Å². The number of nitrogens with one attached hydrogen (secondary N) is 1. The monoisotopic (exact) mass is 316 g/mol. The molecule has 1 aromatic rings. The summed E-state index contributed by atoms with van der Waals surface area (Å²) in [5.74, 6) is -0.529. The first-order chi connectivity index (χ1) is 10.3. The van der Waals surface area contributed by atoms with Gasteiger partial charge in [0.05, 0.1) is 11.2 Å². The molecule has 0 atom stereocenters. The van der Waals surface area contributed by atoms with Crippen molar-refractivity contribution in [1.29, 1.82) is 0 Å². The summed E-state index contributed by atoms with van der Waals surface area (Å²) in [7, 11) is 0. The van der Waals surface area contributed by atoms with E-state index in [9.17, 15) is 23.1 Å². The molecule has 1 aromatic heterocycles. The van der Waals surface area contributed by atoms with E-state index >= 15 is 0 Å². The van der Waals surface area contributed by atoms with Crippen molar-refractivity contribution >= 4 is 5.91 Å². The standard InChI is InChI=1S/C15H19F3N2O2/c16-15(17,18)12-6-5-11(9-19-12)13(21)20-10-14(22)7-3-1-2-4-8-14/h5-6,9,22H,1-4,7-8,10H2,(H,20,21). The van der Waals surface area contributed by atoms with E-state index < -0.39 is 23.4 Å². The van der Waals surface area contributed by atoms with Crippen molar-refractivity contribution in [2.45, 2.75) is 50.3 Å². The van der Waals surface area contributed by atoms with Crippen LogP contribution in [-0.2, 0) is 6.18 Å². The highest BCUT2D eigenvalue weighted by molar-refractivity contribution is 5.93. The minimum absolute atomic E-state index is 0.0465. The summed E-state index contributed by atoms with van der Waals surface area (Å²) in [6.07, 6.45) is 1.58. The van der Waals surface area contributed by atoms with Crippen molar-refractivity contribution in [3.05, 3.63) is 29.6 Å². The van der Waals surface area contributed by atoms with E-state index in [1.165, 1.54) is 0 Å². The van der Waals surface area contributed by atoms with Gasteiger partial charge in [0.2, 0.25) is 0 Å². The maximum Gasteiger partial charge on any atom is 0.433 e. The van der Waals surface area contributed by atoms with Gasteiger partial charge >= 0.3 is 6.18 Å². The summed E-state index contributed by atoms with van der Waals surface area (Å²) in [5.41, 5.74) is -1.91. The first kappa shape index (κ1) is 16.7. The summed E-state index contributed by atoms with van der Waals surface area (Å²) in [5, 5.41) is 13.0. The fraction of sp³-hybridized carbons (Fsp3) is 0.600. The molecule has 0 radical (unpaired) electrons. The largest absolute Gasteiger partial charge is 0.433 e. The zero-order chi connectivity index (χ0) is 16.2. The number of hydrogen-bond donors (Lipinski definition) is 2. The van der Waals surface area contributed by atoms with Crippen LogP contribution in [0.4, 0.5) is 13.2 Å². The topological polar surface area (TPSA) is 62.2 Å². The molecule has 7 heteroatoms. The Morgan fingerprint density at radius 1 is 1.23 bits per heavy atom. The Labute approximate surface area is 126 Å². The summed E-state index contributed by atoms with van der Waals surface area (Å²) >= 11 is 0. The molecule has 4 nitrogen and oxygen atoms in total. The molecule has 0 saturated heterocycles. The van der Waals surface area contributed by atoms with Crippen LogP contribution in [0.2, 0.25) is 0 Å². The molecule has 122 valence electrons. The lowest BCUT2D eigenvalue weighted by atomic mass is 9.94. The minimum Gasteiger partial charge on any atom is -0.388 e. The Kier molecular flexibility index (Phi) is 5.05. The highest BCUT2D eigenvalue weighted by Crippen LogP contribution is 2.28. The Balaban J connectivity index is 1.94. The molecular formula is C15H19F3N2O2. The van der Waals surface area contributed by atoms with Gasteiger partial charge in [-0.2, -0.15) is 13.2 Å². The second kappa shape index (κ2) is 6.64. The van der Waals surface area contributed by atoms with Crippen LogP contribution in [0.3, 0.4) is 0 Å². The van der Waals surface area contributed by atoms with Crippen LogP contribution in [0.25, 0.3) is 0 Å². The fourth-order valence-corrected chi connectivity index (χ4v) is 2.61. The first-order valence-corrected chi connectivity index (χ1v) is 7.34. The zero-order valence-corrected chi connectivity index (χ0v) is 12.1. The number of carbonyl (C=O) groups excluding carboxylic acids is 1. The van der Waals surface area contributed by atoms with E-state index in [2.05, 4.69) is 10.3 Å². The third kappa shape index (κ3) is 4.43. The maximum atomic E-state index is 12.4. The van der Waals surface area contributed by atoms with Crippen molar-refractivity contribution in [2.24, 2.45) is 0 Å². The SMILES string of the molecule is O=C(NCC1(O)CCCCCC1)c1ccc(C(F)(F)F)nc1. The van der Waals surface area contributed by atoms with E-state index in [-0.39, 0.29) is 12.1 Å². The molecule has 1 saturated carbocycles. The summed E-state index contributed by atoms with van der Waals surface area (Å²) in [6, 6.07) is 1.86. The number of alkyl halides is 3. The molecule has 1 fully saturated rings. The molecule has 0 aromatic carbocycles. The molecule has 0 spiro atoms. The second-order valence-corrected chi connectivity index (χ2v) is 5.75. The number of rotatable bonds is 3. The summed E-state index contributed by atoms with van der Waals surface area (Å²) in [6.45, 7) is 0.104. The van der Waals surface area contributed by atoms with Gasteiger partial charge in [-0.15, -0.1) is 0 Å². The number of amides is 1. The number of pyridine rings is 1. The summed E-state index contributed by atoms with van der Waals surface area (Å²) in [4.78, 5) is 15.2. The van der Waals surface area contributed by atoms with Crippen LogP contribution < -0.4 is 5.32 Å². The maximum absolute atomic E-state index is 12.4. The Morgan fingerprint density at radius 3 is 2.36 bits per heavy atom. The normalized spacial score (nSPS) is 18.5. The molecule has 1 aliphatic rings. The van der Waals surface area contributed by atoms with Crippen LogP contribution in [0.15, 0.2) is 18.3 Å². The van der Waals surface area contributed by atoms with Crippen LogP contribution in [0, 0.1) is 0 Å². The van der Waals surface area contributed by atoms with Gasteiger partial charge in [0.15, 0.2) is 0 Å². The quantitative estimate of drug-likeness (QED) is 0.843. The molecule has 2 rings (SSSR count). The minimum atomic E-state index is -4.52. The number of halogens is 3. The molecule has 0 aliphatic heterocycles. The molecule has 1 amide bonds. The first-order valence-electron chi connectivity index (χ1n) is 7.34. The average molecular weight is 316 g/mol. The lowest BCUT2D eigenvalue weighted by molar-refractivity contribution is -0.141. The predicted molar refractivity (Wildman–Crippen MR) is 74.2 cm³/mol. The Morgan fingerprint density at radius 2 is 1.86 bits per heavy atom. The summed E-state index contributed by atoms with van der Waals surface area (Å²) < 4.78 is 37.2. The van der Waals surface area contributed by atoms with E-state index in [4.69, 9.17) is 0 Å². The molecule has 0 unspecified atom stereocenters. The molecular weight excluding hydrogens is 297 g/mol. The smallest absolute Gasteiger partial charge is 0.388 e. The number of aromatic nitrogens is 1. The molecule has 2 N–H and O–H groups in total. The van der Waals surface area contributed by atoms with Gasteiger partial charge in [0.1, 0.15) is 5.69 Å². The second-order valence-electron chi connectivity index (χ2n) is 5.75. The van der Waals surface area contributed by atoms with Crippen molar-refractivity contribution in [1.82, 2.24) is 10.3 Å². The van der Waals surface area contributed by atoms with E-state index in [0.29, 0.717) is 12.8 Å². The lowest BCUT2D eigenvalue weighted by Crippen LogP contribution is -2.42. The van der Waals surface area contributed by atoms with Crippen molar-refractivity contribution in [3.63, 3.8) is 0 Å². The van der Waals surface area contributed by atoms with Crippen LogP contribution in [0.5, 0.6) is 0 Å². The number of carbonyl (C=O) groups is 1. The lowest BCUT2D eigenvalue weighted by Gasteiger charge is -2.26. The zero-order valence-electron chi connectivity index (χ0n) is 12.1. The highest BCUT2D eigenvalue weighted by Gasteiger charge is 2.32. The van der Waals surface area contributed by atoms with Gasteiger partial charge in [-0.05, 0) is 25.0 Å². The van der Waals surface area contributed by atoms with Crippen molar-refractivity contribution in [2.75, 3.05) is 6.54 Å². The molecule has 22 heavy (non-hydrogen) atoms. The van der Waals surface area contributed by atoms with Gasteiger partial charge in [0, 0.05) is 12.7 Å². The van der Waals surface area contributed by atoms with Gasteiger partial charge < -0.3 is 10.4 Å². The average Bonchev–Trinajstić information content (AvgIpc) is 2.69.